The minimum atomic E-state index is 0.323. The first kappa shape index (κ1) is 18.5. The Hall–Kier alpha value is -2.54. The van der Waals surface area contributed by atoms with Crippen LogP contribution in [0.5, 0.6) is 11.5 Å². The van der Waals surface area contributed by atoms with Crippen molar-refractivity contribution in [2.75, 3.05) is 33.0 Å². The SMILES string of the molecule is Clc1ncccc1-n1cccc1CN1CCN(Cc2ccc3c(c2)OCO3)CC1. The highest BCUT2D eigenvalue weighted by Gasteiger charge is 2.20. The average molecular weight is 411 g/mol. The highest BCUT2D eigenvalue weighted by Crippen LogP contribution is 2.33. The third kappa shape index (κ3) is 3.96. The molecule has 2 aromatic heterocycles. The predicted octanol–water partition coefficient (Wildman–Crippen LogP) is 3.57. The van der Waals surface area contributed by atoms with Crippen LogP contribution in [0.2, 0.25) is 5.15 Å². The van der Waals surface area contributed by atoms with E-state index in [-0.39, 0.29) is 0 Å². The van der Waals surface area contributed by atoms with Crippen LogP contribution in [0.15, 0.2) is 54.9 Å². The number of nitrogens with zero attached hydrogens (tertiary/aromatic N) is 4. The van der Waals surface area contributed by atoms with E-state index in [1.807, 2.05) is 24.4 Å². The van der Waals surface area contributed by atoms with Gasteiger partial charge in [-0.3, -0.25) is 9.80 Å². The van der Waals surface area contributed by atoms with Crippen molar-refractivity contribution in [3.05, 3.63) is 71.3 Å². The van der Waals surface area contributed by atoms with Crippen LogP contribution >= 0.6 is 11.6 Å². The normalized spacial score (nSPS) is 17.0. The number of hydrogen-bond donors (Lipinski definition) is 0. The summed E-state index contributed by atoms with van der Waals surface area (Å²) in [7, 11) is 0. The highest BCUT2D eigenvalue weighted by molar-refractivity contribution is 6.31. The van der Waals surface area contributed by atoms with Crippen LogP contribution in [0.1, 0.15) is 11.3 Å². The van der Waals surface area contributed by atoms with E-state index in [0.29, 0.717) is 11.9 Å². The van der Waals surface area contributed by atoms with Crippen LogP contribution in [0.3, 0.4) is 0 Å². The van der Waals surface area contributed by atoms with Crippen molar-refractivity contribution in [1.29, 1.82) is 0 Å². The second-order valence-corrected chi connectivity index (χ2v) is 7.78. The summed E-state index contributed by atoms with van der Waals surface area (Å²) in [4.78, 5) is 9.19. The molecule has 0 amide bonds. The van der Waals surface area contributed by atoms with Gasteiger partial charge in [-0.05, 0) is 42.0 Å². The fourth-order valence-electron chi connectivity index (χ4n) is 3.97. The molecule has 5 rings (SSSR count). The average Bonchev–Trinajstić information content (AvgIpc) is 3.39. The second kappa shape index (κ2) is 8.06. The number of ether oxygens (including phenoxy) is 2. The molecule has 1 saturated heterocycles. The zero-order valence-electron chi connectivity index (χ0n) is 16.1. The topological polar surface area (TPSA) is 42.8 Å². The van der Waals surface area contributed by atoms with E-state index in [1.165, 1.54) is 11.3 Å². The van der Waals surface area contributed by atoms with Crippen LogP contribution in [0, 0.1) is 0 Å². The zero-order valence-corrected chi connectivity index (χ0v) is 16.9. The van der Waals surface area contributed by atoms with Crippen molar-refractivity contribution in [2.24, 2.45) is 0 Å². The number of benzene rings is 1. The van der Waals surface area contributed by atoms with Gasteiger partial charge in [-0.2, -0.15) is 0 Å². The summed E-state index contributed by atoms with van der Waals surface area (Å²) < 4.78 is 13.0. The molecule has 0 saturated carbocycles. The van der Waals surface area contributed by atoms with E-state index in [4.69, 9.17) is 21.1 Å². The van der Waals surface area contributed by atoms with Gasteiger partial charge in [0.15, 0.2) is 16.7 Å². The zero-order chi connectivity index (χ0) is 19.6. The lowest BCUT2D eigenvalue weighted by atomic mass is 10.1. The third-order valence-electron chi connectivity index (χ3n) is 5.53. The molecule has 0 N–H and O–H groups in total. The summed E-state index contributed by atoms with van der Waals surface area (Å²) in [6.45, 7) is 6.32. The molecule has 1 fully saturated rings. The maximum absolute atomic E-state index is 6.29. The lowest BCUT2D eigenvalue weighted by molar-refractivity contribution is 0.120. The molecule has 6 nitrogen and oxygen atoms in total. The Kier molecular flexibility index (Phi) is 5.14. The monoisotopic (exact) mass is 410 g/mol. The van der Waals surface area contributed by atoms with Crippen LogP contribution < -0.4 is 9.47 Å². The quantitative estimate of drug-likeness (QED) is 0.601. The van der Waals surface area contributed by atoms with Crippen molar-refractivity contribution in [2.45, 2.75) is 13.1 Å². The van der Waals surface area contributed by atoms with Crippen molar-refractivity contribution in [3.8, 4) is 17.2 Å². The molecule has 0 radical (unpaired) electrons. The molecule has 0 spiro atoms. The fourth-order valence-corrected chi connectivity index (χ4v) is 4.18. The van der Waals surface area contributed by atoms with E-state index in [1.54, 1.807) is 6.20 Å². The molecule has 0 bridgehead atoms. The van der Waals surface area contributed by atoms with Gasteiger partial charge in [-0.1, -0.05) is 17.7 Å². The van der Waals surface area contributed by atoms with Crippen molar-refractivity contribution in [1.82, 2.24) is 19.4 Å². The Bertz CT molecular complexity index is 998. The second-order valence-electron chi connectivity index (χ2n) is 7.42. The van der Waals surface area contributed by atoms with Gasteiger partial charge < -0.3 is 14.0 Å². The summed E-state index contributed by atoms with van der Waals surface area (Å²) in [5.74, 6) is 1.70. The molecule has 4 heterocycles. The standard InChI is InChI=1S/C22H23ClN4O2/c23-22-19(4-1-7-24-22)27-8-2-3-18(27)15-26-11-9-25(10-12-26)14-17-5-6-20-21(13-17)29-16-28-20/h1-8,13H,9-12,14-16H2. The van der Waals surface area contributed by atoms with Gasteiger partial charge in [0.2, 0.25) is 6.79 Å². The summed E-state index contributed by atoms with van der Waals surface area (Å²) in [5.41, 5.74) is 3.42. The number of hydrogen-bond acceptors (Lipinski definition) is 5. The number of halogens is 1. The number of rotatable bonds is 5. The predicted molar refractivity (Wildman–Crippen MR) is 112 cm³/mol. The molecule has 0 unspecified atom stereocenters. The van der Waals surface area contributed by atoms with E-state index < -0.39 is 0 Å². The van der Waals surface area contributed by atoms with Crippen LogP contribution in [0.4, 0.5) is 0 Å². The van der Waals surface area contributed by atoms with Crippen molar-refractivity contribution < 1.29 is 9.47 Å². The third-order valence-corrected chi connectivity index (χ3v) is 5.82. The van der Waals surface area contributed by atoms with E-state index in [2.05, 4.69) is 43.6 Å². The molecular weight excluding hydrogens is 388 g/mol. The van der Waals surface area contributed by atoms with Gasteiger partial charge in [0, 0.05) is 57.4 Å². The Balaban J connectivity index is 1.19. The molecule has 0 atom stereocenters. The maximum Gasteiger partial charge on any atom is 0.231 e. The van der Waals surface area contributed by atoms with Crippen molar-refractivity contribution >= 4 is 11.6 Å². The van der Waals surface area contributed by atoms with Crippen LogP contribution in [-0.2, 0) is 13.1 Å². The van der Waals surface area contributed by atoms with E-state index in [9.17, 15) is 0 Å². The molecule has 0 aliphatic carbocycles. The summed E-state index contributed by atoms with van der Waals surface area (Å²) in [6.07, 6.45) is 3.77. The maximum atomic E-state index is 6.29. The van der Waals surface area contributed by atoms with Gasteiger partial charge >= 0.3 is 0 Å². The first-order chi connectivity index (χ1) is 14.3. The molecule has 3 aromatic rings. The van der Waals surface area contributed by atoms with Crippen LogP contribution in [0.25, 0.3) is 5.69 Å². The highest BCUT2D eigenvalue weighted by atomic mass is 35.5. The van der Waals surface area contributed by atoms with Crippen LogP contribution in [-0.4, -0.2) is 52.3 Å². The molecule has 2 aliphatic rings. The Morgan fingerprint density at radius 3 is 2.52 bits per heavy atom. The Morgan fingerprint density at radius 1 is 0.897 bits per heavy atom. The van der Waals surface area contributed by atoms with Gasteiger partial charge in [-0.15, -0.1) is 0 Å². The molecule has 29 heavy (non-hydrogen) atoms. The van der Waals surface area contributed by atoms with Gasteiger partial charge in [0.1, 0.15) is 0 Å². The van der Waals surface area contributed by atoms with Gasteiger partial charge in [0.25, 0.3) is 0 Å². The first-order valence-corrected chi connectivity index (χ1v) is 10.2. The minimum absolute atomic E-state index is 0.323. The van der Waals surface area contributed by atoms with Gasteiger partial charge in [-0.25, -0.2) is 4.98 Å². The largest absolute Gasteiger partial charge is 0.454 e. The minimum Gasteiger partial charge on any atom is -0.454 e. The smallest absolute Gasteiger partial charge is 0.231 e. The fraction of sp³-hybridized carbons (Fsp3) is 0.318. The molecule has 150 valence electrons. The molecule has 7 heteroatoms. The Morgan fingerprint density at radius 2 is 1.69 bits per heavy atom. The number of fused-ring (bicyclic) bond motifs is 1. The summed E-state index contributed by atoms with van der Waals surface area (Å²) in [6, 6.07) is 14.4. The molecular formula is C22H23ClN4O2. The first-order valence-electron chi connectivity index (χ1n) is 9.86. The van der Waals surface area contributed by atoms with E-state index >= 15 is 0 Å². The number of piperazine rings is 1. The molecule has 2 aliphatic heterocycles. The summed E-state index contributed by atoms with van der Waals surface area (Å²) >= 11 is 6.29. The lowest BCUT2D eigenvalue weighted by Gasteiger charge is -2.34. The molecule has 1 aromatic carbocycles. The van der Waals surface area contributed by atoms with Gasteiger partial charge in [0.05, 0.1) is 5.69 Å². The summed E-state index contributed by atoms with van der Waals surface area (Å²) in [5, 5.41) is 0.526. The number of aromatic nitrogens is 2. The van der Waals surface area contributed by atoms with Crippen molar-refractivity contribution in [3.63, 3.8) is 0 Å². The van der Waals surface area contributed by atoms with E-state index in [0.717, 1.165) is 56.5 Å². The lowest BCUT2D eigenvalue weighted by Crippen LogP contribution is -2.45. The number of pyridine rings is 1. The Labute approximate surface area is 175 Å².